The van der Waals surface area contributed by atoms with Gasteiger partial charge < -0.3 is 10.5 Å². The molecule has 3 nitrogen and oxygen atoms in total. The number of halogens is 4. The van der Waals surface area contributed by atoms with E-state index in [9.17, 15) is 17.6 Å². The summed E-state index contributed by atoms with van der Waals surface area (Å²) in [5.74, 6) is -0.671. The Kier molecular flexibility index (Phi) is 3.72. The molecule has 0 bridgehead atoms. The molecule has 2 rings (SSSR count). The van der Waals surface area contributed by atoms with Crippen LogP contribution in [0.4, 0.5) is 23.2 Å². The van der Waals surface area contributed by atoms with Crippen LogP contribution in [0.15, 0.2) is 36.4 Å². The molecule has 0 aromatic heterocycles. The molecule has 2 aromatic carbocycles. The molecule has 0 saturated carbocycles. The Morgan fingerprint density at radius 1 is 1.05 bits per heavy atom. The van der Waals surface area contributed by atoms with Crippen molar-refractivity contribution in [1.29, 1.82) is 5.26 Å². The van der Waals surface area contributed by atoms with Crippen LogP contribution in [-0.2, 0) is 6.18 Å². The number of ether oxygens (including phenoxy) is 1. The number of nitrogens with two attached hydrogens (primary N) is 1. The lowest BCUT2D eigenvalue weighted by atomic mass is 10.1. The highest BCUT2D eigenvalue weighted by Crippen LogP contribution is 2.36. The van der Waals surface area contributed by atoms with E-state index in [0.29, 0.717) is 0 Å². The Hall–Kier alpha value is -2.75. The molecule has 0 heterocycles. The normalized spacial score (nSPS) is 11.0. The van der Waals surface area contributed by atoms with Gasteiger partial charge in [-0.25, -0.2) is 4.39 Å². The monoisotopic (exact) mass is 296 g/mol. The molecule has 7 heteroatoms. The fourth-order valence-corrected chi connectivity index (χ4v) is 1.61. The molecule has 0 radical (unpaired) electrons. The minimum atomic E-state index is -4.51. The number of rotatable bonds is 2. The topological polar surface area (TPSA) is 59.0 Å². The molecular formula is C14H8F4N2O. The molecule has 0 aliphatic heterocycles. The number of alkyl halides is 3. The molecule has 0 saturated heterocycles. The van der Waals surface area contributed by atoms with E-state index in [4.69, 9.17) is 15.7 Å². The number of benzene rings is 2. The van der Waals surface area contributed by atoms with Gasteiger partial charge in [0.15, 0.2) is 0 Å². The van der Waals surface area contributed by atoms with E-state index >= 15 is 0 Å². The van der Waals surface area contributed by atoms with Crippen LogP contribution < -0.4 is 10.5 Å². The van der Waals surface area contributed by atoms with Crippen molar-refractivity contribution in [2.24, 2.45) is 0 Å². The zero-order valence-electron chi connectivity index (χ0n) is 10.4. The van der Waals surface area contributed by atoms with Crippen molar-refractivity contribution in [3.8, 4) is 17.6 Å². The van der Waals surface area contributed by atoms with E-state index in [1.54, 1.807) is 6.07 Å². The molecule has 0 fully saturated rings. The summed E-state index contributed by atoms with van der Waals surface area (Å²) in [5, 5.41) is 8.86. The second kappa shape index (κ2) is 5.32. The fourth-order valence-electron chi connectivity index (χ4n) is 1.61. The van der Waals surface area contributed by atoms with E-state index in [1.807, 2.05) is 0 Å². The Morgan fingerprint density at radius 2 is 1.71 bits per heavy atom. The van der Waals surface area contributed by atoms with Gasteiger partial charge in [0.2, 0.25) is 0 Å². The van der Waals surface area contributed by atoms with Crippen molar-refractivity contribution >= 4 is 5.69 Å². The summed E-state index contributed by atoms with van der Waals surface area (Å²) in [6, 6.07) is 7.52. The molecular weight excluding hydrogens is 288 g/mol. The van der Waals surface area contributed by atoms with Gasteiger partial charge >= 0.3 is 6.18 Å². The van der Waals surface area contributed by atoms with Crippen molar-refractivity contribution in [1.82, 2.24) is 0 Å². The first kappa shape index (κ1) is 14.7. The van der Waals surface area contributed by atoms with E-state index in [2.05, 4.69) is 0 Å². The van der Waals surface area contributed by atoms with Crippen LogP contribution in [0.2, 0.25) is 0 Å². The fraction of sp³-hybridized carbons (Fsp3) is 0.0714. The number of hydrogen-bond acceptors (Lipinski definition) is 3. The molecule has 0 aliphatic carbocycles. The highest BCUT2D eigenvalue weighted by atomic mass is 19.4. The van der Waals surface area contributed by atoms with E-state index in [-0.39, 0.29) is 22.7 Å². The summed E-state index contributed by atoms with van der Waals surface area (Å²) in [7, 11) is 0. The van der Waals surface area contributed by atoms with Crippen LogP contribution in [0.3, 0.4) is 0 Å². The predicted molar refractivity (Wildman–Crippen MR) is 67.0 cm³/mol. The summed E-state index contributed by atoms with van der Waals surface area (Å²) in [5.41, 5.74) is 4.27. The zero-order valence-corrected chi connectivity index (χ0v) is 10.4. The van der Waals surface area contributed by atoms with Crippen molar-refractivity contribution < 1.29 is 22.3 Å². The average Bonchev–Trinajstić information content (AvgIpc) is 2.41. The molecule has 0 unspecified atom stereocenters. The third-order valence-electron chi connectivity index (χ3n) is 2.62. The minimum absolute atomic E-state index is 0.00496. The van der Waals surface area contributed by atoms with Gasteiger partial charge in [0, 0.05) is 0 Å². The number of anilines is 1. The lowest BCUT2D eigenvalue weighted by Gasteiger charge is -2.12. The smallest absolute Gasteiger partial charge is 0.416 e. The molecule has 2 aromatic rings. The number of hydrogen-bond donors (Lipinski definition) is 1. The summed E-state index contributed by atoms with van der Waals surface area (Å²) in [6.07, 6.45) is -4.51. The highest BCUT2D eigenvalue weighted by Gasteiger charge is 2.31. The Morgan fingerprint density at radius 3 is 2.29 bits per heavy atom. The van der Waals surface area contributed by atoms with Crippen LogP contribution in [-0.4, -0.2) is 0 Å². The lowest BCUT2D eigenvalue weighted by molar-refractivity contribution is -0.137. The maximum Gasteiger partial charge on any atom is 0.416 e. The van der Waals surface area contributed by atoms with Gasteiger partial charge in [-0.3, -0.25) is 0 Å². The van der Waals surface area contributed by atoms with E-state index < -0.39 is 17.6 Å². The molecule has 2 N–H and O–H groups in total. The molecule has 21 heavy (non-hydrogen) atoms. The highest BCUT2D eigenvalue weighted by molar-refractivity contribution is 5.57. The maximum atomic E-state index is 13.0. The zero-order chi connectivity index (χ0) is 15.6. The molecule has 0 spiro atoms. The van der Waals surface area contributed by atoms with Gasteiger partial charge in [-0.2, -0.15) is 18.4 Å². The van der Waals surface area contributed by atoms with Crippen LogP contribution >= 0.6 is 0 Å². The summed E-state index contributed by atoms with van der Waals surface area (Å²) in [4.78, 5) is 0. The summed E-state index contributed by atoms with van der Waals surface area (Å²) in [6.45, 7) is 0. The standard InChI is InChI=1S/C14H8F4N2O/c15-10-2-4-12(8(5-10)7-19)21-13-3-1-9(6-11(13)20)14(16,17)18/h1-6H,20H2. The Labute approximate surface area is 117 Å². The second-order valence-electron chi connectivity index (χ2n) is 4.10. The van der Waals surface area contributed by atoms with Crippen LogP contribution in [0.5, 0.6) is 11.5 Å². The van der Waals surface area contributed by atoms with E-state index in [1.165, 1.54) is 6.07 Å². The number of nitriles is 1. The maximum absolute atomic E-state index is 13.0. The Balaban J connectivity index is 2.35. The first-order valence-corrected chi connectivity index (χ1v) is 5.65. The number of nitrogen functional groups attached to an aromatic ring is 1. The molecule has 0 aliphatic rings. The third kappa shape index (κ3) is 3.23. The second-order valence-corrected chi connectivity index (χ2v) is 4.10. The van der Waals surface area contributed by atoms with Gasteiger partial charge in [0.05, 0.1) is 16.8 Å². The van der Waals surface area contributed by atoms with Crippen LogP contribution in [0.25, 0.3) is 0 Å². The van der Waals surface area contributed by atoms with Crippen molar-refractivity contribution in [2.45, 2.75) is 6.18 Å². The average molecular weight is 296 g/mol. The van der Waals surface area contributed by atoms with Gasteiger partial charge in [0.25, 0.3) is 0 Å². The lowest BCUT2D eigenvalue weighted by Crippen LogP contribution is -2.06. The SMILES string of the molecule is N#Cc1cc(F)ccc1Oc1ccc(C(F)(F)F)cc1N. The first-order chi connectivity index (χ1) is 9.81. The minimum Gasteiger partial charge on any atom is -0.454 e. The third-order valence-corrected chi connectivity index (χ3v) is 2.62. The van der Waals surface area contributed by atoms with Crippen molar-refractivity contribution in [3.05, 3.63) is 53.3 Å². The van der Waals surface area contributed by atoms with E-state index in [0.717, 1.165) is 30.3 Å². The molecule has 0 atom stereocenters. The molecule has 108 valence electrons. The van der Waals surface area contributed by atoms with Crippen LogP contribution in [0.1, 0.15) is 11.1 Å². The van der Waals surface area contributed by atoms with Gasteiger partial charge in [-0.1, -0.05) is 0 Å². The summed E-state index contributed by atoms with van der Waals surface area (Å²) < 4.78 is 55.8. The summed E-state index contributed by atoms with van der Waals surface area (Å²) >= 11 is 0. The largest absolute Gasteiger partial charge is 0.454 e. The van der Waals surface area contributed by atoms with Gasteiger partial charge in [-0.15, -0.1) is 0 Å². The molecule has 0 amide bonds. The van der Waals surface area contributed by atoms with Crippen molar-refractivity contribution in [3.63, 3.8) is 0 Å². The van der Waals surface area contributed by atoms with Crippen LogP contribution in [0, 0.1) is 17.1 Å². The predicted octanol–water partition coefficient (Wildman–Crippen LogP) is 4.09. The number of nitrogens with zero attached hydrogens (tertiary/aromatic N) is 1. The Bertz CT molecular complexity index is 720. The van der Waals surface area contributed by atoms with Gasteiger partial charge in [-0.05, 0) is 36.4 Å². The van der Waals surface area contributed by atoms with Gasteiger partial charge in [0.1, 0.15) is 23.4 Å². The van der Waals surface area contributed by atoms with Crippen molar-refractivity contribution in [2.75, 3.05) is 5.73 Å². The quantitative estimate of drug-likeness (QED) is 0.670. The first-order valence-electron chi connectivity index (χ1n) is 5.65.